The second kappa shape index (κ2) is 7.65. The number of anilines is 1. The Kier molecular flexibility index (Phi) is 4.91. The van der Waals surface area contributed by atoms with Crippen molar-refractivity contribution in [2.24, 2.45) is 0 Å². The van der Waals surface area contributed by atoms with Gasteiger partial charge in [0.25, 0.3) is 5.91 Å². The molecule has 0 unspecified atom stereocenters. The highest BCUT2D eigenvalue weighted by Gasteiger charge is 2.13. The van der Waals surface area contributed by atoms with Gasteiger partial charge in [-0.1, -0.05) is 54.6 Å². The number of amides is 1. The topological polar surface area (TPSA) is 54.0 Å². The molecule has 0 fully saturated rings. The molecule has 1 heterocycles. The Labute approximate surface area is 165 Å². The standard InChI is InChI=1S/C21H15N3OS2/c25-19(20-23-17-11-4-5-12-18(17)27-20)24-21(26)22-16-10-6-9-15(13-16)14-7-2-1-3-8-14/h1-13H,(H2,22,24,25,26). The molecule has 0 saturated carbocycles. The maximum Gasteiger partial charge on any atom is 0.286 e. The van der Waals surface area contributed by atoms with Gasteiger partial charge in [-0.25, -0.2) is 4.98 Å². The molecule has 4 rings (SSSR count). The largest absolute Gasteiger partial charge is 0.332 e. The van der Waals surface area contributed by atoms with Crippen molar-refractivity contribution < 1.29 is 4.79 Å². The van der Waals surface area contributed by atoms with E-state index in [1.165, 1.54) is 11.3 Å². The van der Waals surface area contributed by atoms with Gasteiger partial charge in [0.1, 0.15) is 0 Å². The van der Waals surface area contributed by atoms with Crippen molar-refractivity contribution in [1.29, 1.82) is 0 Å². The molecule has 0 radical (unpaired) electrons. The van der Waals surface area contributed by atoms with Gasteiger partial charge in [0.05, 0.1) is 10.2 Å². The SMILES string of the molecule is O=C(NC(=S)Nc1cccc(-c2ccccc2)c1)c1nc2ccccc2s1. The molecule has 4 nitrogen and oxygen atoms in total. The van der Waals surface area contributed by atoms with E-state index in [9.17, 15) is 4.79 Å². The quantitative estimate of drug-likeness (QED) is 0.479. The fourth-order valence-electron chi connectivity index (χ4n) is 2.70. The summed E-state index contributed by atoms with van der Waals surface area (Å²) in [5, 5.41) is 6.38. The molecule has 0 bridgehead atoms. The van der Waals surface area contributed by atoms with Crippen LogP contribution < -0.4 is 10.6 Å². The fraction of sp³-hybridized carbons (Fsp3) is 0. The molecule has 0 aliphatic rings. The number of hydrogen-bond donors (Lipinski definition) is 2. The molecule has 0 atom stereocenters. The summed E-state index contributed by atoms with van der Waals surface area (Å²) in [6, 6.07) is 25.6. The van der Waals surface area contributed by atoms with Crippen LogP contribution in [0.25, 0.3) is 21.3 Å². The minimum absolute atomic E-state index is 0.240. The summed E-state index contributed by atoms with van der Waals surface area (Å²) in [7, 11) is 0. The Morgan fingerprint density at radius 1 is 0.889 bits per heavy atom. The zero-order valence-corrected chi connectivity index (χ0v) is 15.8. The maximum absolute atomic E-state index is 12.4. The molecule has 2 N–H and O–H groups in total. The normalized spacial score (nSPS) is 10.5. The van der Waals surface area contributed by atoms with Crippen LogP contribution in [0.5, 0.6) is 0 Å². The number of carbonyl (C=O) groups is 1. The molecule has 0 aliphatic carbocycles. The van der Waals surface area contributed by atoms with Gasteiger partial charge in [-0.15, -0.1) is 11.3 Å². The van der Waals surface area contributed by atoms with Crippen LogP contribution in [-0.2, 0) is 0 Å². The first-order valence-electron chi connectivity index (χ1n) is 8.32. The third-order valence-electron chi connectivity index (χ3n) is 3.94. The van der Waals surface area contributed by atoms with Crippen molar-refractivity contribution in [2.45, 2.75) is 0 Å². The molecule has 1 aromatic heterocycles. The summed E-state index contributed by atoms with van der Waals surface area (Å²) in [6.45, 7) is 0. The van der Waals surface area contributed by atoms with Crippen LogP contribution in [0.1, 0.15) is 9.80 Å². The van der Waals surface area contributed by atoms with Gasteiger partial charge in [0, 0.05) is 5.69 Å². The van der Waals surface area contributed by atoms with Gasteiger partial charge in [-0.05, 0) is 47.6 Å². The average molecular weight is 390 g/mol. The summed E-state index contributed by atoms with van der Waals surface area (Å²) in [5.41, 5.74) is 3.81. The second-order valence-electron chi connectivity index (χ2n) is 5.84. The molecule has 0 spiro atoms. The number of hydrogen-bond acceptors (Lipinski definition) is 4. The molecule has 4 aromatic rings. The van der Waals surface area contributed by atoms with Gasteiger partial charge < -0.3 is 5.32 Å². The van der Waals surface area contributed by atoms with Crippen LogP contribution in [0, 0.1) is 0 Å². The zero-order valence-electron chi connectivity index (χ0n) is 14.2. The van der Waals surface area contributed by atoms with Crippen molar-refractivity contribution in [3.05, 3.63) is 83.9 Å². The Morgan fingerprint density at radius 2 is 1.63 bits per heavy atom. The van der Waals surface area contributed by atoms with Crippen molar-refractivity contribution in [1.82, 2.24) is 10.3 Å². The number of rotatable bonds is 3. The number of nitrogens with one attached hydrogen (secondary N) is 2. The zero-order chi connectivity index (χ0) is 18.6. The van der Waals surface area contributed by atoms with E-state index in [1.807, 2.05) is 78.9 Å². The lowest BCUT2D eigenvalue weighted by Crippen LogP contribution is -2.34. The highest BCUT2D eigenvalue weighted by atomic mass is 32.1. The molecule has 1 amide bonds. The highest BCUT2D eigenvalue weighted by Crippen LogP contribution is 2.23. The Bertz CT molecular complexity index is 1090. The van der Waals surface area contributed by atoms with Crippen molar-refractivity contribution in [3.8, 4) is 11.1 Å². The number of thiocarbonyl (C=S) groups is 1. The molecule has 6 heteroatoms. The van der Waals surface area contributed by atoms with Gasteiger partial charge in [0.2, 0.25) is 0 Å². The Balaban J connectivity index is 1.45. The van der Waals surface area contributed by atoms with Gasteiger partial charge in [0.15, 0.2) is 10.1 Å². The number of carbonyl (C=O) groups excluding carboxylic acids is 1. The number of aromatic nitrogens is 1. The van der Waals surface area contributed by atoms with Gasteiger partial charge in [-0.2, -0.15) is 0 Å². The van der Waals surface area contributed by atoms with E-state index >= 15 is 0 Å². The van der Waals surface area contributed by atoms with E-state index in [4.69, 9.17) is 12.2 Å². The predicted octanol–water partition coefficient (Wildman–Crippen LogP) is 5.09. The molecule has 0 aliphatic heterocycles. The van der Waals surface area contributed by atoms with Crippen LogP contribution in [0.3, 0.4) is 0 Å². The van der Waals surface area contributed by atoms with Crippen LogP contribution in [0.4, 0.5) is 5.69 Å². The van der Waals surface area contributed by atoms with Gasteiger partial charge in [-0.3, -0.25) is 10.1 Å². The lowest BCUT2D eigenvalue weighted by Gasteiger charge is -2.10. The number of thiazole rings is 1. The lowest BCUT2D eigenvalue weighted by molar-refractivity contribution is 0.0977. The van der Waals surface area contributed by atoms with Crippen LogP contribution in [0.2, 0.25) is 0 Å². The maximum atomic E-state index is 12.4. The molecule has 132 valence electrons. The highest BCUT2D eigenvalue weighted by molar-refractivity contribution is 7.80. The van der Waals surface area contributed by atoms with E-state index in [1.54, 1.807) is 0 Å². The number of fused-ring (bicyclic) bond motifs is 1. The van der Waals surface area contributed by atoms with Crippen molar-refractivity contribution >= 4 is 50.5 Å². The molecule has 27 heavy (non-hydrogen) atoms. The number of nitrogens with zero attached hydrogens (tertiary/aromatic N) is 1. The second-order valence-corrected chi connectivity index (χ2v) is 7.28. The van der Waals surface area contributed by atoms with Crippen LogP contribution >= 0.6 is 23.6 Å². The first kappa shape index (κ1) is 17.3. The van der Waals surface area contributed by atoms with Crippen LogP contribution in [0.15, 0.2) is 78.9 Å². The van der Waals surface area contributed by atoms with E-state index in [-0.39, 0.29) is 11.0 Å². The molecule has 3 aromatic carbocycles. The summed E-state index contributed by atoms with van der Waals surface area (Å²) >= 11 is 6.63. The van der Waals surface area contributed by atoms with Crippen LogP contribution in [-0.4, -0.2) is 16.0 Å². The van der Waals surface area contributed by atoms with Crippen molar-refractivity contribution in [3.63, 3.8) is 0 Å². The van der Waals surface area contributed by atoms with E-state index in [2.05, 4.69) is 15.6 Å². The summed E-state index contributed by atoms with van der Waals surface area (Å²) in [4.78, 5) is 16.8. The number of para-hydroxylation sites is 1. The first-order chi connectivity index (χ1) is 13.2. The first-order valence-corrected chi connectivity index (χ1v) is 9.55. The summed E-state index contributed by atoms with van der Waals surface area (Å²) in [6.07, 6.45) is 0. The Hall–Kier alpha value is -3.09. The number of benzene rings is 3. The fourth-order valence-corrected chi connectivity index (χ4v) is 3.77. The lowest BCUT2D eigenvalue weighted by atomic mass is 10.1. The minimum atomic E-state index is -0.312. The molecule has 0 saturated heterocycles. The average Bonchev–Trinajstić information content (AvgIpc) is 3.13. The van der Waals surface area contributed by atoms with Gasteiger partial charge >= 0.3 is 0 Å². The minimum Gasteiger partial charge on any atom is -0.332 e. The van der Waals surface area contributed by atoms with Crippen molar-refractivity contribution in [2.75, 3.05) is 5.32 Å². The summed E-state index contributed by atoms with van der Waals surface area (Å²) in [5.74, 6) is -0.312. The molecular formula is C21H15N3OS2. The van der Waals surface area contributed by atoms with E-state index in [0.29, 0.717) is 5.01 Å². The van der Waals surface area contributed by atoms with E-state index < -0.39 is 0 Å². The summed E-state index contributed by atoms with van der Waals surface area (Å²) < 4.78 is 0.970. The third-order valence-corrected chi connectivity index (χ3v) is 5.18. The predicted molar refractivity (Wildman–Crippen MR) is 115 cm³/mol. The smallest absolute Gasteiger partial charge is 0.286 e. The van der Waals surface area contributed by atoms with E-state index in [0.717, 1.165) is 27.0 Å². The molecular weight excluding hydrogens is 374 g/mol. The third kappa shape index (κ3) is 4.02. The monoisotopic (exact) mass is 389 g/mol. The Morgan fingerprint density at radius 3 is 2.44 bits per heavy atom.